The highest BCUT2D eigenvalue weighted by Crippen LogP contribution is 2.42. The molecule has 1 aromatic carbocycles. The number of rotatable bonds is 8. The Balaban J connectivity index is 1.42. The lowest BCUT2D eigenvalue weighted by atomic mass is 9.97. The van der Waals surface area contributed by atoms with Gasteiger partial charge in [0, 0.05) is 46.4 Å². The summed E-state index contributed by atoms with van der Waals surface area (Å²) in [5, 5.41) is 4.67. The van der Waals surface area contributed by atoms with Crippen LogP contribution in [-0.4, -0.2) is 68.1 Å². The molecule has 2 aliphatic rings. The molecule has 51 heavy (non-hydrogen) atoms. The van der Waals surface area contributed by atoms with Crippen LogP contribution in [0.3, 0.4) is 0 Å². The van der Waals surface area contributed by atoms with E-state index in [0.717, 1.165) is 21.9 Å². The number of alkyl halides is 7. The highest BCUT2D eigenvalue weighted by molar-refractivity contribution is 5.79. The summed E-state index contributed by atoms with van der Waals surface area (Å²) < 4.78 is 109. The molecular formula is C34H34F7N7O3. The zero-order valence-electron chi connectivity index (χ0n) is 28.4. The molecule has 4 aromatic rings. The summed E-state index contributed by atoms with van der Waals surface area (Å²) in [6.45, 7) is 9.06. The summed E-state index contributed by atoms with van der Waals surface area (Å²) in [5.74, 6) is 0.356. The van der Waals surface area contributed by atoms with E-state index in [9.17, 15) is 35.5 Å². The number of aromatic nitrogens is 5. The first kappa shape index (κ1) is 35.9. The van der Waals surface area contributed by atoms with Crippen LogP contribution in [-0.2, 0) is 23.6 Å². The van der Waals surface area contributed by atoms with E-state index in [4.69, 9.17) is 9.47 Å². The van der Waals surface area contributed by atoms with Crippen molar-refractivity contribution in [2.45, 2.75) is 77.9 Å². The van der Waals surface area contributed by atoms with Crippen molar-refractivity contribution in [3.63, 3.8) is 0 Å². The van der Waals surface area contributed by atoms with E-state index in [-0.39, 0.29) is 49.3 Å². The van der Waals surface area contributed by atoms with Gasteiger partial charge in [-0.2, -0.15) is 31.4 Å². The lowest BCUT2D eigenvalue weighted by molar-refractivity contribution is -0.143. The van der Waals surface area contributed by atoms with Crippen LogP contribution in [0.1, 0.15) is 66.7 Å². The molecule has 272 valence electrons. The van der Waals surface area contributed by atoms with Gasteiger partial charge in [-0.1, -0.05) is 0 Å². The maximum atomic E-state index is 13.8. The SMILES string of the molecule is COc1ncc(-c2c(C)nn(C(C)C)c2C)cc1-c1cnc(N2CC(F)C2)nc1CN1C(=O)O[C@H](c2cc(C(F)(F)F)cc(C(F)(F)F)c2)[C@@H]1C. The van der Waals surface area contributed by atoms with Crippen LogP contribution < -0.4 is 9.64 Å². The third-order valence-corrected chi connectivity index (χ3v) is 9.06. The Morgan fingerprint density at radius 3 is 2.16 bits per heavy atom. The molecule has 2 aliphatic heterocycles. The minimum atomic E-state index is -5.09. The second-order valence-electron chi connectivity index (χ2n) is 12.9. The Kier molecular flexibility index (Phi) is 9.12. The number of amides is 1. The van der Waals surface area contributed by atoms with Gasteiger partial charge in [-0.3, -0.25) is 9.58 Å². The van der Waals surface area contributed by atoms with Gasteiger partial charge in [0.25, 0.3) is 0 Å². The third-order valence-electron chi connectivity index (χ3n) is 9.06. The van der Waals surface area contributed by atoms with Gasteiger partial charge in [0.2, 0.25) is 11.8 Å². The summed E-state index contributed by atoms with van der Waals surface area (Å²) in [5.41, 5.74) is 0.710. The van der Waals surface area contributed by atoms with E-state index in [0.29, 0.717) is 28.8 Å². The van der Waals surface area contributed by atoms with Crippen LogP contribution in [0, 0.1) is 13.8 Å². The fourth-order valence-corrected chi connectivity index (χ4v) is 6.48. The molecule has 17 heteroatoms. The van der Waals surface area contributed by atoms with E-state index in [1.165, 1.54) is 20.2 Å². The molecule has 0 spiro atoms. The molecule has 1 amide bonds. The molecule has 0 saturated carbocycles. The van der Waals surface area contributed by atoms with Crippen LogP contribution in [0.5, 0.6) is 5.88 Å². The van der Waals surface area contributed by atoms with E-state index >= 15 is 0 Å². The zero-order valence-corrected chi connectivity index (χ0v) is 28.4. The van der Waals surface area contributed by atoms with Gasteiger partial charge in [0.15, 0.2) is 0 Å². The number of carbonyl (C=O) groups excluding carboxylic acids is 1. The average Bonchev–Trinajstić information content (AvgIpc) is 3.51. The number of halogens is 7. The number of methoxy groups -OCH3 is 1. The fourth-order valence-electron chi connectivity index (χ4n) is 6.48. The lowest BCUT2D eigenvalue weighted by Gasteiger charge is -2.34. The quantitative estimate of drug-likeness (QED) is 0.170. The number of aryl methyl sites for hydroxylation is 1. The predicted octanol–water partition coefficient (Wildman–Crippen LogP) is 7.89. The fraction of sp³-hybridized carbons (Fsp3) is 0.441. The number of nitrogens with zero attached hydrogens (tertiary/aromatic N) is 7. The van der Waals surface area contributed by atoms with Crippen LogP contribution in [0.25, 0.3) is 22.3 Å². The molecule has 10 nitrogen and oxygen atoms in total. The molecular weight excluding hydrogens is 687 g/mol. The monoisotopic (exact) mass is 721 g/mol. The van der Waals surface area contributed by atoms with E-state index < -0.39 is 53.5 Å². The Morgan fingerprint density at radius 1 is 0.961 bits per heavy atom. The smallest absolute Gasteiger partial charge is 0.416 e. The number of cyclic esters (lactones) is 1. The number of carbonyl (C=O) groups is 1. The Labute approximate surface area is 288 Å². The number of anilines is 1. The summed E-state index contributed by atoms with van der Waals surface area (Å²) in [6, 6.07) is 1.97. The van der Waals surface area contributed by atoms with Gasteiger partial charge in [0.05, 0.1) is 55.3 Å². The summed E-state index contributed by atoms with van der Waals surface area (Å²) in [7, 11) is 1.42. The highest BCUT2D eigenvalue weighted by atomic mass is 19.4. The number of ether oxygens (including phenoxy) is 2. The van der Waals surface area contributed by atoms with E-state index in [1.54, 1.807) is 11.1 Å². The van der Waals surface area contributed by atoms with Gasteiger partial charge in [-0.25, -0.2) is 24.1 Å². The topological polar surface area (TPSA) is 98.5 Å². The van der Waals surface area contributed by atoms with Crippen molar-refractivity contribution in [1.82, 2.24) is 29.6 Å². The largest absolute Gasteiger partial charge is 0.481 e. The Bertz CT molecular complexity index is 1940. The second kappa shape index (κ2) is 13.0. The Hall–Kier alpha value is -4.96. The highest BCUT2D eigenvalue weighted by Gasteiger charge is 2.44. The average molecular weight is 722 g/mol. The van der Waals surface area contributed by atoms with Crippen LogP contribution in [0.15, 0.2) is 36.7 Å². The van der Waals surface area contributed by atoms with Crippen LogP contribution in [0.2, 0.25) is 0 Å². The number of pyridine rings is 1. The first-order chi connectivity index (χ1) is 23.9. The van der Waals surface area contributed by atoms with Crippen LogP contribution >= 0.6 is 0 Å². The van der Waals surface area contributed by atoms with Gasteiger partial charge < -0.3 is 14.4 Å². The molecule has 0 aliphatic carbocycles. The number of hydrogen-bond donors (Lipinski definition) is 0. The molecule has 0 radical (unpaired) electrons. The molecule has 0 N–H and O–H groups in total. The molecule has 2 fully saturated rings. The molecule has 0 bridgehead atoms. The van der Waals surface area contributed by atoms with Crippen molar-refractivity contribution in [3.8, 4) is 28.1 Å². The van der Waals surface area contributed by atoms with Crippen molar-refractivity contribution in [3.05, 3.63) is 70.4 Å². The molecule has 6 rings (SSSR count). The van der Waals surface area contributed by atoms with Gasteiger partial charge in [-0.05, 0) is 64.4 Å². The summed E-state index contributed by atoms with van der Waals surface area (Å²) in [4.78, 5) is 29.7. The van der Waals surface area contributed by atoms with Gasteiger partial charge in [0.1, 0.15) is 12.3 Å². The summed E-state index contributed by atoms with van der Waals surface area (Å²) >= 11 is 0. The number of benzene rings is 1. The first-order valence-electron chi connectivity index (χ1n) is 16.0. The zero-order chi connectivity index (χ0) is 37.2. The second-order valence-corrected chi connectivity index (χ2v) is 12.9. The molecule has 3 aromatic heterocycles. The standard InChI is InChI=1S/C34H34F7N7O3/c1-16(2)48-18(4)28(17(3)45-48)21-9-25(30(50-6)42-11-21)26-12-43-31(46-13-24(35)14-46)44-27(26)15-47-19(5)29(51-32(47)49)20-7-22(33(36,37)38)10-23(8-20)34(39,40)41/h7-12,16,19,24,29H,13-15H2,1-6H3/t19-,29-/m0/s1. The van der Waals surface area contributed by atoms with Crippen molar-refractivity contribution in [2.24, 2.45) is 0 Å². The van der Waals surface area contributed by atoms with Crippen molar-refractivity contribution in [2.75, 3.05) is 25.1 Å². The van der Waals surface area contributed by atoms with E-state index in [1.807, 2.05) is 38.4 Å². The first-order valence-corrected chi connectivity index (χ1v) is 16.0. The molecule has 2 atom stereocenters. The molecule has 5 heterocycles. The van der Waals surface area contributed by atoms with E-state index in [2.05, 4.69) is 20.1 Å². The van der Waals surface area contributed by atoms with Gasteiger partial charge in [-0.15, -0.1) is 0 Å². The van der Waals surface area contributed by atoms with Crippen molar-refractivity contribution >= 4 is 12.0 Å². The molecule has 0 unspecified atom stereocenters. The minimum absolute atomic E-state index is 0.0154. The Morgan fingerprint density at radius 2 is 1.61 bits per heavy atom. The summed E-state index contributed by atoms with van der Waals surface area (Å²) in [6.07, 6.45) is -10.6. The maximum absolute atomic E-state index is 13.8. The lowest BCUT2D eigenvalue weighted by Crippen LogP contribution is -2.49. The van der Waals surface area contributed by atoms with Crippen molar-refractivity contribution < 1.29 is 45.0 Å². The maximum Gasteiger partial charge on any atom is 0.416 e. The predicted molar refractivity (Wildman–Crippen MR) is 171 cm³/mol. The molecule has 2 saturated heterocycles. The van der Waals surface area contributed by atoms with Crippen molar-refractivity contribution in [1.29, 1.82) is 0 Å². The number of hydrogen-bond acceptors (Lipinski definition) is 8. The van der Waals surface area contributed by atoms with Gasteiger partial charge >= 0.3 is 18.4 Å². The third kappa shape index (κ3) is 6.77. The minimum Gasteiger partial charge on any atom is -0.481 e. The van der Waals surface area contributed by atoms with Crippen LogP contribution in [0.4, 0.5) is 41.5 Å². The normalized spacial score (nSPS) is 18.4.